The van der Waals surface area contributed by atoms with E-state index in [0.717, 1.165) is 17.8 Å². The van der Waals surface area contributed by atoms with Crippen LogP contribution in [-0.2, 0) is 6.54 Å². The maximum Gasteiger partial charge on any atom is 0.117 e. The number of benzene rings is 1. The molecule has 2 N–H and O–H groups in total. The van der Waals surface area contributed by atoms with Crippen LogP contribution < -0.4 is 5.32 Å². The van der Waals surface area contributed by atoms with Gasteiger partial charge in [-0.3, -0.25) is 0 Å². The Bertz CT molecular complexity index is 451. The molecule has 1 heterocycles. The van der Waals surface area contributed by atoms with Crippen molar-refractivity contribution in [1.82, 2.24) is 15.1 Å². The molecule has 2 rings (SSSR count). The van der Waals surface area contributed by atoms with Crippen LogP contribution in [0.15, 0.2) is 36.7 Å². The zero-order valence-electron chi connectivity index (χ0n) is 8.51. The Morgan fingerprint density at radius 3 is 3.07 bits per heavy atom. The van der Waals surface area contributed by atoms with Crippen molar-refractivity contribution in [3.8, 4) is 11.4 Å². The van der Waals surface area contributed by atoms with E-state index in [-0.39, 0.29) is 5.75 Å². The number of hydrogen-bond acceptors (Lipinski definition) is 3. The summed E-state index contributed by atoms with van der Waals surface area (Å²) in [5, 5.41) is 16.6. The third kappa shape index (κ3) is 2.16. The molecule has 0 unspecified atom stereocenters. The van der Waals surface area contributed by atoms with Gasteiger partial charge in [0.1, 0.15) is 5.75 Å². The van der Waals surface area contributed by atoms with Crippen LogP contribution in [0.2, 0.25) is 0 Å². The van der Waals surface area contributed by atoms with Crippen molar-refractivity contribution in [2.45, 2.75) is 6.54 Å². The minimum atomic E-state index is 0.248. The number of nitrogens with zero attached hydrogens (tertiary/aromatic N) is 2. The summed E-state index contributed by atoms with van der Waals surface area (Å²) in [7, 11) is 1.89. The summed E-state index contributed by atoms with van der Waals surface area (Å²) < 4.78 is 1.74. The summed E-state index contributed by atoms with van der Waals surface area (Å²) in [6.07, 6.45) is 3.74. The number of aromatic hydroxyl groups is 1. The quantitative estimate of drug-likeness (QED) is 0.790. The van der Waals surface area contributed by atoms with Gasteiger partial charge in [-0.05, 0) is 19.2 Å². The van der Waals surface area contributed by atoms with Gasteiger partial charge in [0.25, 0.3) is 0 Å². The SMILES string of the molecule is CNCc1cnn(-c2cccc(O)c2)c1. The van der Waals surface area contributed by atoms with E-state index in [4.69, 9.17) is 0 Å². The molecule has 0 radical (unpaired) electrons. The predicted molar refractivity (Wildman–Crippen MR) is 58.0 cm³/mol. The summed E-state index contributed by atoms with van der Waals surface area (Å²) in [6.45, 7) is 0.790. The summed E-state index contributed by atoms with van der Waals surface area (Å²) >= 11 is 0. The van der Waals surface area contributed by atoms with Gasteiger partial charge >= 0.3 is 0 Å². The van der Waals surface area contributed by atoms with E-state index >= 15 is 0 Å². The van der Waals surface area contributed by atoms with E-state index in [9.17, 15) is 5.11 Å². The first-order valence-electron chi connectivity index (χ1n) is 4.77. The molecule has 0 bridgehead atoms. The number of rotatable bonds is 3. The van der Waals surface area contributed by atoms with Crippen molar-refractivity contribution in [1.29, 1.82) is 0 Å². The van der Waals surface area contributed by atoms with Gasteiger partial charge in [0.15, 0.2) is 0 Å². The normalized spacial score (nSPS) is 10.5. The third-order valence-electron chi connectivity index (χ3n) is 2.11. The Labute approximate surface area is 88.2 Å². The van der Waals surface area contributed by atoms with Crippen molar-refractivity contribution >= 4 is 0 Å². The predicted octanol–water partition coefficient (Wildman–Crippen LogP) is 1.30. The molecular formula is C11H13N3O. The number of nitrogens with one attached hydrogen (secondary N) is 1. The summed E-state index contributed by atoms with van der Waals surface area (Å²) in [4.78, 5) is 0. The molecule has 0 spiro atoms. The van der Waals surface area contributed by atoms with Gasteiger partial charge in [0.2, 0.25) is 0 Å². The van der Waals surface area contributed by atoms with E-state index in [2.05, 4.69) is 10.4 Å². The number of phenols is 1. The van der Waals surface area contributed by atoms with E-state index in [1.807, 2.05) is 19.3 Å². The van der Waals surface area contributed by atoms with Crippen LogP contribution >= 0.6 is 0 Å². The first-order chi connectivity index (χ1) is 7.29. The van der Waals surface area contributed by atoms with Crippen molar-refractivity contribution in [3.63, 3.8) is 0 Å². The monoisotopic (exact) mass is 203 g/mol. The van der Waals surface area contributed by atoms with Gasteiger partial charge in [0, 0.05) is 24.4 Å². The average molecular weight is 203 g/mol. The molecule has 0 saturated carbocycles. The van der Waals surface area contributed by atoms with Crippen molar-refractivity contribution in [3.05, 3.63) is 42.2 Å². The van der Waals surface area contributed by atoms with Crippen LogP contribution in [0.5, 0.6) is 5.75 Å². The second-order valence-corrected chi connectivity index (χ2v) is 3.34. The summed E-state index contributed by atoms with van der Waals surface area (Å²) in [5.74, 6) is 0.248. The van der Waals surface area contributed by atoms with Gasteiger partial charge in [-0.25, -0.2) is 4.68 Å². The largest absolute Gasteiger partial charge is 0.508 e. The highest BCUT2D eigenvalue weighted by Gasteiger charge is 2.00. The molecule has 0 amide bonds. The molecule has 1 aromatic heterocycles. The maximum atomic E-state index is 9.33. The Morgan fingerprint density at radius 2 is 2.33 bits per heavy atom. The smallest absolute Gasteiger partial charge is 0.117 e. The van der Waals surface area contributed by atoms with Crippen LogP contribution in [0.1, 0.15) is 5.56 Å². The zero-order chi connectivity index (χ0) is 10.7. The lowest BCUT2D eigenvalue weighted by Gasteiger charge is -2.00. The molecule has 1 aromatic carbocycles. The summed E-state index contributed by atoms with van der Waals surface area (Å²) in [5.41, 5.74) is 1.97. The Morgan fingerprint density at radius 1 is 1.47 bits per heavy atom. The summed E-state index contributed by atoms with van der Waals surface area (Å²) in [6, 6.07) is 7.01. The van der Waals surface area contributed by atoms with E-state index in [1.54, 1.807) is 29.1 Å². The standard InChI is InChI=1S/C11H13N3O/c1-12-6-9-7-13-14(8-9)10-3-2-4-11(15)5-10/h2-5,7-8,12,15H,6H2,1H3. The van der Waals surface area contributed by atoms with Gasteiger partial charge < -0.3 is 10.4 Å². The lowest BCUT2D eigenvalue weighted by atomic mass is 10.3. The molecule has 0 fully saturated rings. The molecule has 0 aliphatic carbocycles. The van der Waals surface area contributed by atoms with Gasteiger partial charge in [0.05, 0.1) is 11.9 Å². The molecule has 4 heteroatoms. The highest BCUT2D eigenvalue weighted by Crippen LogP contribution is 2.14. The molecule has 0 aliphatic heterocycles. The second-order valence-electron chi connectivity index (χ2n) is 3.34. The molecule has 2 aromatic rings. The van der Waals surface area contributed by atoms with Gasteiger partial charge in [-0.1, -0.05) is 6.07 Å². The molecule has 0 aliphatic rings. The zero-order valence-corrected chi connectivity index (χ0v) is 8.51. The first-order valence-corrected chi connectivity index (χ1v) is 4.77. The molecule has 15 heavy (non-hydrogen) atoms. The minimum absolute atomic E-state index is 0.248. The topological polar surface area (TPSA) is 50.1 Å². The molecule has 0 saturated heterocycles. The van der Waals surface area contributed by atoms with Gasteiger partial charge in [-0.2, -0.15) is 5.10 Å². The Hall–Kier alpha value is -1.81. The van der Waals surface area contributed by atoms with Crippen LogP contribution in [0, 0.1) is 0 Å². The third-order valence-corrected chi connectivity index (χ3v) is 2.11. The minimum Gasteiger partial charge on any atom is -0.508 e. The fourth-order valence-corrected chi connectivity index (χ4v) is 1.43. The van der Waals surface area contributed by atoms with E-state index < -0.39 is 0 Å². The fourth-order valence-electron chi connectivity index (χ4n) is 1.43. The van der Waals surface area contributed by atoms with Crippen LogP contribution in [0.3, 0.4) is 0 Å². The Balaban J connectivity index is 2.29. The molecule has 0 atom stereocenters. The highest BCUT2D eigenvalue weighted by atomic mass is 16.3. The number of phenolic OH excluding ortho intramolecular Hbond substituents is 1. The van der Waals surface area contributed by atoms with Crippen LogP contribution in [0.25, 0.3) is 5.69 Å². The van der Waals surface area contributed by atoms with Crippen molar-refractivity contribution < 1.29 is 5.11 Å². The van der Waals surface area contributed by atoms with Crippen molar-refractivity contribution in [2.75, 3.05) is 7.05 Å². The van der Waals surface area contributed by atoms with Gasteiger partial charge in [-0.15, -0.1) is 0 Å². The van der Waals surface area contributed by atoms with Crippen LogP contribution in [0.4, 0.5) is 0 Å². The Kier molecular flexibility index (Phi) is 2.69. The lowest BCUT2D eigenvalue weighted by molar-refractivity contribution is 0.475. The maximum absolute atomic E-state index is 9.33. The van der Waals surface area contributed by atoms with E-state index in [1.165, 1.54) is 0 Å². The molecule has 78 valence electrons. The molecular weight excluding hydrogens is 190 g/mol. The highest BCUT2D eigenvalue weighted by molar-refractivity contribution is 5.38. The van der Waals surface area contributed by atoms with Crippen molar-refractivity contribution in [2.24, 2.45) is 0 Å². The lowest BCUT2D eigenvalue weighted by Crippen LogP contribution is -2.03. The number of aromatic nitrogens is 2. The first kappa shape index (κ1) is 9.73. The average Bonchev–Trinajstić information content (AvgIpc) is 2.67. The number of hydrogen-bond donors (Lipinski definition) is 2. The second kappa shape index (κ2) is 4.14. The van der Waals surface area contributed by atoms with E-state index in [0.29, 0.717) is 0 Å². The fraction of sp³-hybridized carbons (Fsp3) is 0.182. The molecule has 4 nitrogen and oxygen atoms in total. The van der Waals surface area contributed by atoms with Crippen LogP contribution in [-0.4, -0.2) is 21.9 Å².